The Labute approximate surface area is 174 Å². The molecule has 3 rings (SSSR count). The smallest absolute Gasteiger partial charge is 0.369 e. The molecular formula is C22H28F3N3O2. The van der Waals surface area contributed by atoms with Crippen molar-refractivity contribution in [3.8, 4) is 0 Å². The maximum absolute atomic E-state index is 13.4. The number of halogens is 3. The summed E-state index contributed by atoms with van der Waals surface area (Å²) in [5.74, 6) is -2.26. The van der Waals surface area contributed by atoms with Gasteiger partial charge in [0.15, 0.2) is 0 Å². The van der Waals surface area contributed by atoms with Crippen LogP contribution in [0.3, 0.4) is 0 Å². The Hall–Kier alpha value is -2.35. The van der Waals surface area contributed by atoms with Crippen LogP contribution in [0.2, 0.25) is 0 Å². The predicted octanol–water partition coefficient (Wildman–Crippen LogP) is 3.21. The molecule has 164 valence electrons. The van der Waals surface area contributed by atoms with Gasteiger partial charge < -0.3 is 10.6 Å². The molecule has 8 heteroatoms. The molecule has 1 saturated heterocycles. The summed E-state index contributed by atoms with van der Waals surface area (Å²) >= 11 is 0. The van der Waals surface area contributed by atoms with Crippen LogP contribution in [0.25, 0.3) is 6.08 Å². The highest BCUT2D eigenvalue weighted by molar-refractivity contribution is 5.83. The van der Waals surface area contributed by atoms with Crippen LogP contribution in [0, 0.1) is 5.92 Å². The number of piperidine rings is 1. The molecule has 0 radical (unpaired) electrons. The number of alkyl halides is 3. The molecule has 1 heterocycles. The predicted molar refractivity (Wildman–Crippen MR) is 108 cm³/mol. The zero-order valence-corrected chi connectivity index (χ0v) is 17.1. The number of amides is 2. The lowest BCUT2D eigenvalue weighted by Crippen LogP contribution is -2.53. The van der Waals surface area contributed by atoms with Gasteiger partial charge in [0, 0.05) is 31.1 Å². The number of nitrogens with zero attached hydrogens (tertiary/aromatic N) is 2. The van der Waals surface area contributed by atoms with Crippen LogP contribution >= 0.6 is 0 Å². The third kappa shape index (κ3) is 5.41. The molecule has 2 atom stereocenters. The van der Waals surface area contributed by atoms with Gasteiger partial charge in [-0.1, -0.05) is 48.9 Å². The van der Waals surface area contributed by atoms with Crippen LogP contribution in [-0.2, 0) is 9.59 Å². The Kier molecular flexibility index (Phi) is 6.85. The second-order valence-corrected chi connectivity index (χ2v) is 8.08. The first kappa shape index (κ1) is 22.3. The highest BCUT2D eigenvalue weighted by Crippen LogP contribution is 2.46. The van der Waals surface area contributed by atoms with E-state index >= 15 is 0 Å². The molecule has 0 bridgehead atoms. The highest BCUT2D eigenvalue weighted by Gasteiger charge is 2.54. The van der Waals surface area contributed by atoms with E-state index in [2.05, 4.69) is 0 Å². The van der Waals surface area contributed by atoms with Gasteiger partial charge in [-0.25, -0.2) is 0 Å². The third-order valence-electron chi connectivity index (χ3n) is 5.96. The maximum Gasteiger partial charge on any atom is 0.471 e. The van der Waals surface area contributed by atoms with Crippen molar-refractivity contribution in [1.82, 2.24) is 9.80 Å². The van der Waals surface area contributed by atoms with Crippen LogP contribution in [0.4, 0.5) is 13.2 Å². The van der Waals surface area contributed by atoms with E-state index in [4.69, 9.17) is 5.73 Å². The maximum atomic E-state index is 13.4. The Morgan fingerprint density at radius 3 is 2.37 bits per heavy atom. The number of carbonyl (C=O) groups excluding carboxylic acids is 2. The van der Waals surface area contributed by atoms with Crippen LogP contribution in [-0.4, -0.2) is 59.5 Å². The summed E-state index contributed by atoms with van der Waals surface area (Å²) in [6.07, 6.45) is -0.787. The molecule has 0 unspecified atom stereocenters. The van der Waals surface area contributed by atoms with Crippen molar-refractivity contribution in [2.45, 2.75) is 50.9 Å². The number of hydrogen-bond donors (Lipinski definition) is 1. The highest BCUT2D eigenvalue weighted by atomic mass is 19.4. The van der Waals surface area contributed by atoms with Crippen molar-refractivity contribution in [2.24, 2.45) is 11.7 Å². The van der Waals surface area contributed by atoms with Gasteiger partial charge in [0.25, 0.3) is 0 Å². The van der Waals surface area contributed by atoms with E-state index in [1.165, 1.54) is 0 Å². The molecule has 1 aliphatic carbocycles. The molecule has 2 aliphatic rings. The van der Waals surface area contributed by atoms with Gasteiger partial charge in [0.1, 0.15) is 0 Å². The molecule has 2 N–H and O–H groups in total. The monoisotopic (exact) mass is 423 g/mol. The molecule has 1 aromatic rings. The molecule has 1 saturated carbocycles. The van der Waals surface area contributed by atoms with E-state index in [1.807, 2.05) is 48.2 Å². The van der Waals surface area contributed by atoms with Gasteiger partial charge in [-0.15, -0.1) is 0 Å². The summed E-state index contributed by atoms with van der Waals surface area (Å²) < 4.78 is 40.1. The summed E-state index contributed by atoms with van der Waals surface area (Å²) in [5, 5.41) is 0. The topological polar surface area (TPSA) is 66.6 Å². The molecule has 0 spiro atoms. The second-order valence-electron chi connectivity index (χ2n) is 8.08. The Morgan fingerprint density at radius 2 is 1.83 bits per heavy atom. The van der Waals surface area contributed by atoms with E-state index in [1.54, 1.807) is 0 Å². The summed E-state index contributed by atoms with van der Waals surface area (Å²) in [6, 6.07) is 8.76. The van der Waals surface area contributed by atoms with Crippen molar-refractivity contribution in [3.63, 3.8) is 0 Å². The van der Waals surface area contributed by atoms with Crippen molar-refractivity contribution < 1.29 is 22.8 Å². The Bertz CT molecular complexity index is 787. The number of likely N-dealkylation sites (tertiary alicyclic amines) is 1. The standard InChI is InChI=1S/C22H28F3N3O2/c1-2-16(12-15-6-4-3-5-7-15)18-13-19(18)28(21(30)22(23,24)25)17-8-10-27(11-9-17)14-20(26)29/h3-7,12,17-19H,2,8-11,13-14H2,1H3,(H2,26,29)/b16-12+/t18-,19+/m0/s1. The normalized spacial score (nSPS) is 23.3. The zero-order valence-electron chi connectivity index (χ0n) is 17.1. The fourth-order valence-corrected chi connectivity index (χ4v) is 4.43. The summed E-state index contributed by atoms with van der Waals surface area (Å²) in [5.41, 5.74) is 7.29. The van der Waals surface area contributed by atoms with E-state index in [0.717, 1.165) is 22.5 Å². The van der Waals surface area contributed by atoms with Crippen LogP contribution < -0.4 is 5.73 Å². The number of rotatable bonds is 7. The molecule has 2 fully saturated rings. The number of primary amides is 1. The van der Waals surface area contributed by atoms with Crippen LogP contribution in [0.1, 0.15) is 38.2 Å². The zero-order chi connectivity index (χ0) is 21.9. The van der Waals surface area contributed by atoms with Crippen LogP contribution in [0.5, 0.6) is 0 Å². The fourth-order valence-electron chi connectivity index (χ4n) is 4.43. The third-order valence-corrected chi connectivity index (χ3v) is 5.96. The largest absolute Gasteiger partial charge is 0.471 e. The van der Waals surface area contributed by atoms with Gasteiger partial charge in [0.05, 0.1) is 6.54 Å². The quantitative estimate of drug-likeness (QED) is 0.732. The van der Waals surface area contributed by atoms with E-state index in [9.17, 15) is 22.8 Å². The van der Waals surface area contributed by atoms with Crippen molar-refractivity contribution in [1.29, 1.82) is 0 Å². The Morgan fingerprint density at radius 1 is 1.20 bits per heavy atom. The number of hydrogen-bond acceptors (Lipinski definition) is 3. The second kappa shape index (κ2) is 9.20. The van der Waals surface area contributed by atoms with Gasteiger partial charge in [-0.05, 0) is 31.2 Å². The molecular weight excluding hydrogens is 395 g/mol. The van der Waals surface area contributed by atoms with Crippen molar-refractivity contribution >= 4 is 17.9 Å². The van der Waals surface area contributed by atoms with Crippen LogP contribution in [0.15, 0.2) is 35.9 Å². The molecule has 0 aromatic heterocycles. The van der Waals surface area contributed by atoms with Crippen molar-refractivity contribution in [2.75, 3.05) is 19.6 Å². The van der Waals surface area contributed by atoms with Gasteiger partial charge in [-0.2, -0.15) is 13.2 Å². The summed E-state index contributed by atoms with van der Waals surface area (Å²) in [6.45, 7) is 2.98. The van der Waals surface area contributed by atoms with Gasteiger partial charge >= 0.3 is 12.1 Å². The fraction of sp³-hybridized carbons (Fsp3) is 0.545. The molecule has 5 nitrogen and oxygen atoms in total. The number of carbonyl (C=O) groups is 2. The first-order valence-corrected chi connectivity index (χ1v) is 10.4. The number of benzene rings is 1. The lowest BCUT2D eigenvalue weighted by Gasteiger charge is -2.39. The summed E-state index contributed by atoms with van der Waals surface area (Å²) in [4.78, 5) is 26.3. The SMILES string of the molecule is CC/C(=C\c1ccccc1)[C@@H]1C[C@H]1N(C(=O)C(F)(F)F)C1CCN(CC(N)=O)CC1. The van der Waals surface area contributed by atoms with E-state index in [0.29, 0.717) is 32.4 Å². The Balaban J connectivity index is 1.75. The lowest BCUT2D eigenvalue weighted by atomic mass is 10.0. The molecule has 30 heavy (non-hydrogen) atoms. The average Bonchev–Trinajstić information content (AvgIpc) is 3.47. The average molecular weight is 423 g/mol. The molecule has 1 aromatic carbocycles. The minimum absolute atomic E-state index is 0.0508. The minimum Gasteiger partial charge on any atom is -0.369 e. The minimum atomic E-state index is -4.90. The van der Waals surface area contributed by atoms with Crippen molar-refractivity contribution in [3.05, 3.63) is 41.5 Å². The first-order chi connectivity index (χ1) is 14.2. The lowest BCUT2D eigenvalue weighted by molar-refractivity contribution is -0.189. The van der Waals surface area contributed by atoms with E-state index < -0.39 is 30.1 Å². The summed E-state index contributed by atoms with van der Waals surface area (Å²) in [7, 11) is 0. The molecule has 1 aliphatic heterocycles. The number of nitrogens with two attached hydrogens (primary N) is 1. The van der Waals surface area contributed by atoms with E-state index in [-0.39, 0.29) is 12.5 Å². The first-order valence-electron chi connectivity index (χ1n) is 10.4. The molecule has 2 amide bonds. The van der Waals surface area contributed by atoms with Gasteiger partial charge in [-0.3, -0.25) is 14.5 Å². The van der Waals surface area contributed by atoms with Gasteiger partial charge in [0.2, 0.25) is 5.91 Å².